The lowest BCUT2D eigenvalue weighted by Crippen LogP contribution is -2.25. The van der Waals surface area contributed by atoms with Crippen molar-refractivity contribution in [3.05, 3.63) is 54.0 Å². The normalized spacial score (nSPS) is 16.3. The molecule has 0 radical (unpaired) electrons. The first kappa shape index (κ1) is 20.4. The topological polar surface area (TPSA) is 75.9 Å². The van der Waals surface area contributed by atoms with E-state index in [-0.39, 0.29) is 28.8 Å². The molecule has 1 atom stereocenters. The molecule has 1 aromatic carbocycles. The highest BCUT2D eigenvalue weighted by molar-refractivity contribution is 8.93. The zero-order chi connectivity index (χ0) is 18.6. The average Bonchev–Trinajstić information content (AvgIpc) is 3.31. The summed E-state index contributed by atoms with van der Waals surface area (Å²) < 4.78 is 1.94. The lowest BCUT2D eigenvalue weighted by atomic mass is 10.0. The van der Waals surface area contributed by atoms with Crippen molar-refractivity contribution in [2.75, 3.05) is 19.6 Å². The Morgan fingerprint density at radius 2 is 2.00 bits per heavy atom. The molecule has 8 heteroatoms. The highest BCUT2D eigenvalue weighted by Gasteiger charge is 2.30. The van der Waals surface area contributed by atoms with Crippen LogP contribution in [0.2, 0.25) is 0 Å². The first-order valence-electron chi connectivity index (χ1n) is 9.40. The molecule has 28 heavy (non-hydrogen) atoms. The van der Waals surface area contributed by atoms with Crippen LogP contribution in [0.5, 0.6) is 0 Å². The highest BCUT2D eigenvalue weighted by Crippen LogP contribution is 2.30. The minimum absolute atomic E-state index is 0. The molecule has 2 aromatic heterocycles. The van der Waals surface area contributed by atoms with Gasteiger partial charge in [0.1, 0.15) is 5.52 Å². The van der Waals surface area contributed by atoms with Gasteiger partial charge in [0, 0.05) is 51.4 Å². The molecule has 3 heterocycles. The zero-order valence-corrected chi connectivity index (χ0v) is 17.6. The van der Waals surface area contributed by atoms with E-state index < -0.39 is 0 Å². The SMILES string of the molecule is Br.CC(=O)N1CCC(c2nn(CCNCc3ccccc3)c3nccnc23)C1. The monoisotopic (exact) mass is 444 g/mol. The van der Waals surface area contributed by atoms with Crippen molar-refractivity contribution in [3.8, 4) is 0 Å². The van der Waals surface area contributed by atoms with E-state index in [2.05, 4.69) is 27.4 Å². The lowest BCUT2D eigenvalue weighted by Gasteiger charge is -2.12. The molecule has 0 saturated carbocycles. The van der Waals surface area contributed by atoms with Crippen LogP contribution < -0.4 is 5.32 Å². The molecule has 0 bridgehead atoms. The summed E-state index contributed by atoms with van der Waals surface area (Å²) in [5, 5.41) is 8.28. The summed E-state index contributed by atoms with van der Waals surface area (Å²) >= 11 is 0. The number of rotatable bonds is 6. The first-order chi connectivity index (χ1) is 13.2. The van der Waals surface area contributed by atoms with E-state index >= 15 is 0 Å². The number of amides is 1. The third-order valence-electron chi connectivity index (χ3n) is 5.09. The van der Waals surface area contributed by atoms with Crippen LogP contribution in [-0.2, 0) is 17.9 Å². The number of likely N-dealkylation sites (tertiary alicyclic amines) is 1. The van der Waals surface area contributed by atoms with Gasteiger partial charge in [0.05, 0.1) is 12.2 Å². The second kappa shape index (κ2) is 9.25. The summed E-state index contributed by atoms with van der Waals surface area (Å²) in [6.07, 6.45) is 4.34. The van der Waals surface area contributed by atoms with Crippen LogP contribution in [0.4, 0.5) is 0 Å². The second-order valence-electron chi connectivity index (χ2n) is 6.95. The number of nitrogens with zero attached hydrogens (tertiary/aromatic N) is 5. The van der Waals surface area contributed by atoms with Gasteiger partial charge in [-0.05, 0) is 12.0 Å². The van der Waals surface area contributed by atoms with E-state index in [1.165, 1.54) is 5.56 Å². The van der Waals surface area contributed by atoms with Crippen LogP contribution in [0.25, 0.3) is 11.2 Å². The van der Waals surface area contributed by atoms with Gasteiger partial charge in [-0.3, -0.25) is 4.79 Å². The van der Waals surface area contributed by atoms with Crippen molar-refractivity contribution in [2.24, 2.45) is 0 Å². The molecule has 1 amide bonds. The van der Waals surface area contributed by atoms with Gasteiger partial charge in [0.25, 0.3) is 0 Å². The molecular weight excluding hydrogens is 420 g/mol. The third-order valence-corrected chi connectivity index (χ3v) is 5.09. The Hall–Kier alpha value is -2.32. The summed E-state index contributed by atoms with van der Waals surface area (Å²) in [7, 11) is 0. The van der Waals surface area contributed by atoms with Crippen molar-refractivity contribution < 1.29 is 4.79 Å². The number of carbonyl (C=O) groups excluding carboxylic acids is 1. The standard InChI is InChI=1S/C20H24N6O.BrH/c1-15(27)25-11-7-17(14-25)18-19-20(23-9-8-22-19)26(24-18)12-10-21-13-16-5-3-2-4-6-16;/h2-6,8-9,17,21H,7,10-14H2,1H3;1H. The quantitative estimate of drug-likeness (QED) is 0.591. The third kappa shape index (κ3) is 4.39. The predicted molar refractivity (Wildman–Crippen MR) is 113 cm³/mol. The lowest BCUT2D eigenvalue weighted by molar-refractivity contribution is -0.127. The Bertz CT molecular complexity index is 929. The van der Waals surface area contributed by atoms with Crippen LogP contribution in [0.3, 0.4) is 0 Å². The van der Waals surface area contributed by atoms with E-state index in [1.807, 2.05) is 27.8 Å². The molecule has 0 spiro atoms. The van der Waals surface area contributed by atoms with E-state index in [4.69, 9.17) is 5.10 Å². The summed E-state index contributed by atoms with van der Waals surface area (Å²) in [6.45, 7) is 5.47. The van der Waals surface area contributed by atoms with Crippen molar-refractivity contribution >= 4 is 34.1 Å². The van der Waals surface area contributed by atoms with Crippen LogP contribution in [0.1, 0.15) is 30.5 Å². The molecular formula is C20H25BrN6O. The maximum absolute atomic E-state index is 11.6. The number of fused-ring (bicyclic) bond motifs is 1. The number of hydrogen-bond acceptors (Lipinski definition) is 5. The van der Waals surface area contributed by atoms with Gasteiger partial charge in [0.15, 0.2) is 5.65 Å². The van der Waals surface area contributed by atoms with E-state index in [0.717, 1.165) is 49.5 Å². The fraction of sp³-hybridized carbons (Fsp3) is 0.400. The van der Waals surface area contributed by atoms with Gasteiger partial charge in [-0.25, -0.2) is 14.6 Å². The Kier molecular flexibility index (Phi) is 6.74. The number of aromatic nitrogens is 4. The van der Waals surface area contributed by atoms with E-state index in [9.17, 15) is 4.79 Å². The largest absolute Gasteiger partial charge is 0.342 e. The van der Waals surface area contributed by atoms with E-state index in [1.54, 1.807) is 19.3 Å². The van der Waals surface area contributed by atoms with Crippen molar-refractivity contribution in [1.29, 1.82) is 0 Å². The van der Waals surface area contributed by atoms with Crippen LogP contribution in [0.15, 0.2) is 42.7 Å². The minimum atomic E-state index is 0. The molecule has 1 saturated heterocycles. The van der Waals surface area contributed by atoms with Gasteiger partial charge >= 0.3 is 0 Å². The fourth-order valence-electron chi connectivity index (χ4n) is 3.64. The van der Waals surface area contributed by atoms with Gasteiger partial charge in [-0.2, -0.15) is 5.10 Å². The van der Waals surface area contributed by atoms with Crippen molar-refractivity contribution in [1.82, 2.24) is 30.0 Å². The summed E-state index contributed by atoms with van der Waals surface area (Å²) in [6, 6.07) is 10.3. The first-order valence-corrected chi connectivity index (χ1v) is 9.40. The smallest absolute Gasteiger partial charge is 0.219 e. The van der Waals surface area contributed by atoms with Crippen molar-refractivity contribution in [3.63, 3.8) is 0 Å². The van der Waals surface area contributed by atoms with Crippen LogP contribution in [0, 0.1) is 0 Å². The summed E-state index contributed by atoms with van der Waals surface area (Å²) in [5.74, 6) is 0.351. The molecule has 1 unspecified atom stereocenters. The number of carbonyl (C=O) groups is 1. The zero-order valence-electron chi connectivity index (χ0n) is 15.9. The number of halogens is 1. The maximum atomic E-state index is 11.6. The van der Waals surface area contributed by atoms with Gasteiger partial charge < -0.3 is 10.2 Å². The molecule has 0 aliphatic carbocycles. The van der Waals surface area contributed by atoms with Gasteiger partial charge in [0.2, 0.25) is 5.91 Å². The molecule has 1 N–H and O–H groups in total. The van der Waals surface area contributed by atoms with Crippen LogP contribution in [-0.4, -0.2) is 50.2 Å². The minimum Gasteiger partial charge on any atom is -0.342 e. The number of hydrogen-bond donors (Lipinski definition) is 1. The van der Waals surface area contributed by atoms with Crippen molar-refractivity contribution in [2.45, 2.75) is 32.4 Å². The Morgan fingerprint density at radius 1 is 1.21 bits per heavy atom. The van der Waals surface area contributed by atoms with E-state index in [0.29, 0.717) is 6.54 Å². The number of benzene rings is 1. The Labute approximate surface area is 174 Å². The molecule has 148 valence electrons. The summed E-state index contributed by atoms with van der Waals surface area (Å²) in [5.41, 5.74) is 3.90. The highest BCUT2D eigenvalue weighted by atomic mass is 79.9. The fourth-order valence-corrected chi connectivity index (χ4v) is 3.64. The average molecular weight is 445 g/mol. The maximum Gasteiger partial charge on any atom is 0.219 e. The molecule has 1 aliphatic rings. The molecule has 1 fully saturated rings. The second-order valence-corrected chi connectivity index (χ2v) is 6.95. The number of nitrogens with one attached hydrogen (secondary N) is 1. The summed E-state index contributed by atoms with van der Waals surface area (Å²) in [4.78, 5) is 22.5. The van der Waals surface area contributed by atoms with Gasteiger partial charge in [-0.15, -0.1) is 17.0 Å². The Morgan fingerprint density at radius 3 is 2.75 bits per heavy atom. The predicted octanol–water partition coefficient (Wildman–Crippen LogP) is 2.53. The Balaban J connectivity index is 0.00000225. The molecule has 1 aliphatic heterocycles. The molecule has 4 rings (SSSR count). The molecule has 3 aromatic rings. The molecule has 7 nitrogen and oxygen atoms in total. The van der Waals surface area contributed by atoms with Crippen LogP contribution >= 0.6 is 17.0 Å². The van der Waals surface area contributed by atoms with Gasteiger partial charge in [-0.1, -0.05) is 30.3 Å².